The highest BCUT2D eigenvalue weighted by Crippen LogP contribution is 2.41. The van der Waals surface area contributed by atoms with Crippen molar-refractivity contribution in [3.05, 3.63) is 59.5 Å². The van der Waals surface area contributed by atoms with Gasteiger partial charge < -0.3 is 30.5 Å². The van der Waals surface area contributed by atoms with Gasteiger partial charge in [-0.05, 0) is 29.8 Å². The number of aromatic nitrogens is 3. The number of anilines is 4. The van der Waals surface area contributed by atoms with E-state index in [1.807, 2.05) is 0 Å². The number of halogens is 3. The van der Waals surface area contributed by atoms with Gasteiger partial charge in [0.05, 0.1) is 24.6 Å². The summed E-state index contributed by atoms with van der Waals surface area (Å²) in [5.41, 5.74) is -0.812. The average molecular weight is 512 g/mol. The summed E-state index contributed by atoms with van der Waals surface area (Å²) in [7, 11) is -1.66. The van der Waals surface area contributed by atoms with Gasteiger partial charge in [-0.15, -0.1) is 0 Å². The van der Waals surface area contributed by atoms with Crippen LogP contribution in [0.3, 0.4) is 0 Å². The van der Waals surface area contributed by atoms with Gasteiger partial charge in [0.2, 0.25) is 5.95 Å². The minimum atomic E-state index is -4.81. The summed E-state index contributed by atoms with van der Waals surface area (Å²) >= 11 is 0. The van der Waals surface area contributed by atoms with E-state index >= 15 is 0 Å². The minimum Gasteiger partial charge on any atom is -0.495 e. The maximum absolute atomic E-state index is 13.6. The van der Waals surface area contributed by atoms with Crippen molar-refractivity contribution in [2.24, 2.45) is 0 Å². The summed E-state index contributed by atoms with van der Waals surface area (Å²) in [6.45, 7) is 0. The normalized spacial score (nSPS) is 11.6. The Morgan fingerprint density at radius 3 is 2.51 bits per heavy atom. The van der Waals surface area contributed by atoms with E-state index in [0.717, 1.165) is 0 Å². The van der Waals surface area contributed by atoms with Crippen LogP contribution in [-0.4, -0.2) is 44.8 Å². The zero-order valence-electron chi connectivity index (χ0n) is 18.3. The SMILES string of the molecule is CNC(=O)c1ncccc1Nc1nc(Nc2ccc(CP(=O)(O)O)cc2OC)ncc1C(F)(F)F. The highest BCUT2D eigenvalue weighted by molar-refractivity contribution is 7.50. The lowest BCUT2D eigenvalue weighted by Crippen LogP contribution is -2.21. The molecule has 3 rings (SSSR count). The molecule has 0 radical (unpaired) electrons. The third-order valence-corrected chi connectivity index (χ3v) is 5.28. The van der Waals surface area contributed by atoms with Gasteiger partial charge in [0, 0.05) is 19.4 Å². The van der Waals surface area contributed by atoms with Crippen LogP contribution in [-0.2, 0) is 16.9 Å². The van der Waals surface area contributed by atoms with Crippen molar-refractivity contribution in [2.45, 2.75) is 12.3 Å². The molecule has 0 aliphatic rings. The molecule has 0 unspecified atom stereocenters. The van der Waals surface area contributed by atoms with E-state index in [9.17, 15) is 22.5 Å². The highest BCUT2D eigenvalue weighted by atomic mass is 31.2. The van der Waals surface area contributed by atoms with Crippen molar-refractivity contribution in [2.75, 3.05) is 24.8 Å². The third kappa shape index (κ3) is 6.66. The third-order valence-electron chi connectivity index (χ3n) is 4.50. The molecule has 2 heterocycles. The molecule has 0 atom stereocenters. The maximum Gasteiger partial charge on any atom is 0.421 e. The largest absolute Gasteiger partial charge is 0.495 e. The predicted octanol–water partition coefficient (Wildman–Crippen LogP) is 3.42. The van der Waals surface area contributed by atoms with Crippen LogP contribution < -0.4 is 20.7 Å². The van der Waals surface area contributed by atoms with E-state index in [-0.39, 0.29) is 34.3 Å². The molecule has 5 N–H and O–H groups in total. The minimum absolute atomic E-state index is 0.0126. The fraction of sp³-hybridized carbons (Fsp3) is 0.200. The molecular formula is C20H20F3N6O5P. The Hall–Kier alpha value is -3.74. The van der Waals surface area contributed by atoms with E-state index in [0.29, 0.717) is 6.20 Å². The Bertz CT molecular complexity index is 1280. The number of carbonyl (C=O) groups excluding carboxylic acids is 1. The fourth-order valence-electron chi connectivity index (χ4n) is 2.97. The first-order chi connectivity index (χ1) is 16.4. The average Bonchev–Trinajstić information content (AvgIpc) is 2.78. The van der Waals surface area contributed by atoms with E-state index < -0.39 is 37.2 Å². The zero-order chi connectivity index (χ0) is 25.8. The highest BCUT2D eigenvalue weighted by Gasteiger charge is 2.35. The number of nitrogens with one attached hydrogen (secondary N) is 3. The number of alkyl halides is 3. The molecule has 0 aliphatic carbocycles. The maximum atomic E-state index is 13.6. The second-order valence-electron chi connectivity index (χ2n) is 7.04. The lowest BCUT2D eigenvalue weighted by atomic mass is 10.2. The summed E-state index contributed by atoms with van der Waals surface area (Å²) in [5, 5.41) is 7.58. The molecule has 2 aromatic heterocycles. The number of ether oxygens (including phenoxy) is 1. The van der Waals surface area contributed by atoms with Crippen molar-refractivity contribution in [3.63, 3.8) is 0 Å². The number of rotatable bonds is 8. The Balaban J connectivity index is 1.99. The number of methoxy groups -OCH3 is 1. The molecule has 35 heavy (non-hydrogen) atoms. The number of hydrogen-bond acceptors (Lipinski definition) is 8. The summed E-state index contributed by atoms with van der Waals surface area (Å²) < 4.78 is 57.3. The first-order valence-electron chi connectivity index (χ1n) is 9.78. The molecule has 0 saturated carbocycles. The number of carbonyl (C=O) groups is 1. The van der Waals surface area contributed by atoms with Gasteiger partial charge in [0.25, 0.3) is 5.91 Å². The molecule has 0 spiro atoms. The van der Waals surface area contributed by atoms with Gasteiger partial charge in [0.1, 0.15) is 17.1 Å². The lowest BCUT2D eigenvalue weighted by molar-refractivity contribution is -0.137. The zero-order valence-corrected chi connectivity index (χ0v) is 19.2. The smallest absolute Gasteiger partial charge is 0.421 e. The summed E-state index contributed by atoms with van der Waals surface area (Å²) in [6.07, 6.45) is -3.44. The van der Waals surface area contributed by atoms with Crippen LogP contribution in [0.1, 0.15) is 21.6 Å². The van der Waals surface area contributed by atoms with Gasteiger partial charge in [-0.3, -0.25) is 9.36 Å². The van der Waals surface area contributed by atoms with E-state index in [2.05, 4.69) is 30.9 Å². The van der Waals surface area contributed by atoms with Gasteiger partial charge in [-0.25, -0.2) is 9.97 Å². The van der Waals surface area contributed by atoms with Crippen LogP contribution in [0.25, 0.3) is 0 Å². The molecule has 186 valence electrons. The molecule has 11 nitrogen and oxygen atoms in total. The van der Waals surface area contributed by atoms with Crippen LogP contribution in [0.5, 0.6) is 5.75 Å². The van der Waals surface area contributed by atoms with Crippen molar-refractivity contribution in [1.82, 2.24) is 20.3 Å². The Kier molecular flexibility index (Phi) is 7.58. The molecule has 0 fully saturated rings. The molecule has 1 amide bonds. The number of benzene rings is 1. The molecule has 3 aromatic rings. The van der Waals surface area contributed by atoms with E-state index in [1.165, 1.54) is 50.7 Å². The van der Waals surface area contributed by atoms with Crippen LogP contribution in [0.2, 0.25) is 0 Å². The van der Waals surface area contributed by atoms with E-state index in [4.69, 9.17) is 14.5 Å². The molecule has 0 saturated heterocycles. The first-order valence-corrected chi connectivity index (χ1v) is 11.6. The Morgan fingerprint density at radius 2 is 1.89 bits per heavy atom. The molecule has 0 bridgehead atoms. The van der Waals surface area contributed by atoms with Crippen LogP contribution >= 0.6 is 7.60 Å². The van der Waals surface area contributed by atoms with E-state index in [1.54, 1.807) is 0 Å². The van der Waals surface area contributed by atoms with Crippen LogP contribution in [0.4, 0.5) is 36.3 Å². The van der Waals surface area contributed by atoms with Crippen LogP contribution in [0.15, 0.2) is 42.7 Å². The van der Waals surface area contributed by atoms with Crippen molar-refractivity contribution < 1.29 is 37.1 Å². The summed E-state index contributed by atoms with van der Waals surface area (Å²) in [5.74, 6) is -1.34. The fourth-order valence-corrected chi connectivity index (χ4v) is 3.65. The number of hydrogen-bond donors (Lipinski definition) is 5. The standard InChI is InChI=1S/C20H20F3N6O5P/c1-24-18(30)16-14(4-3-7-25-16)27-17-12(20(21,22)23)9-26-19(29-17)28-13-6-5-11(8-15(13)34-2)10-35(31,32)33/h3-9H,10H2,1-2H3,(H,24,30)(H2,31,32,33)(H2,26,27,28,29). The molecule has 0 aliphatic heterocycles. The van der Waals surface area contributed by atoms with Crippen LogP contribution in [0, 0.1) is 0 Å². The topological polar surface area (TPSA) is 159 Å². The Labute approximate surface area is 197 Å². The lowest BCUT2D eigenvalue weighted by Gasteiger charge is -2.17. The first kappa shape index (κ1) is 25.9. The van der Waals surface area contributed by atoms with Gasteiger partial charge in [0.15, 0.2) is 5.69 Å². The number of amides is 1. The second kappa shape index (κ2) is 10.3. The molecule has 15 heteroatoms. The van der Waals surface area contributed by atoms with Gasteiger partial charge in [-0.1, -0.05) is 6.07 Å². The quantitative estimate of drug-likeness (QED) is 0.283. The summed E-state index contributed by atoms with van der Waals surface area (Å²) in [6, 6.07) is 7.01. The molecular weight excluding hydrogens is 492 g/mol. The molecule has 1 aromatic carbocycles. The summed E-state index contributed by atoms with van der Waals surface area (Å²) in [4.78, 5) is 41.9. The van der Waals surface area contributed by atoms with Crippen molar-refractivity contribution in [1.29, 1.82) is 0 Å². The van der Waals surface area contributed by atoms with Gasteiger partial charge >= 0.3 is 13.8 Å². The second-order valence-corrected chi connectivity index (χ2v) is 8.69. The number of nitrogens with zero attached hydrogens (tertiary/aromatic N) is 3. The Morgan fingerprint density at radius 1 is 1.14 bits per heavy atom. The predicted molar refractivity (Wildman–Crippen MR) is 120 cm³/mol. The van der Waals surface area contributed by atoms with Gasteiger partial charge in [-0.2, -0.15) is 18.2 Å². The monoisotopic (exact) mass is 512 g/mol. The van der Waals surface area contributed by atoms with Crippen molar-refractivity contribution in [3.8, 4) is 5.75 Å². The number of pyridine rings is 1. The van der Waals surface area contributed by atoms with Crippen molar-refractivity contribution >= 4 is 36.6 Å².